The van der Waals surface area contributed by atoms with Crippen LogP contribution < -0.4 is 4.74 Å². The fourth-order valence-corrected chi connectivity index (χ4v) is 3.01. The van der Waals surface area contributed by atoms with Gasteiger partial charge in [0.15, 0.2) is 0 Å². The Hall–Kier alpha value is -3.29. The van der Waals surface area contributed by atoms with Gasteiger partial charge in [-0.05, 0) is 17.7 Å². The van der Waals surface area contributed by atoms with Crippen LogP contribution in [0, 0.1) is 0 Å². The summed E-state index contributed by atoms with van der Waals surface area (Å²) in [7, 11) is 2.89. The highest BCUT2D eigenvalue weighted by Crippen LogP contribution is 2.27. The normalized spacial score (nSPS) is 11.4. The Morgan fingerprint density at radius 1 is 1.13 bits per heavy atom. The Balaban J connectivity index is 1.95. The van der Waals surface area contributed by atoms with Crippen molar-refractivity contribution < 1.29 is 22.7 Å². The lowest BCUT2D eigenvalue weighted by molar-refractivity contribution is -0.136. The summed E-state index contributed by atoms with van der Waals surface area (Å²) in [5.74, 6) is 0.0744. The average molecular weight is 417 g/mol. The minimum atomic E-state index is -4.33. The first-order chi connectivity index (χ1) is 14.3. The maximum Gasteiger partial charge on any atom is 0.390 e. The van der Waals surface area contributed by atoms with Crippen molar-refractivity contribution >= 4 is 5.91 Å². The molecule has 1 aromatic heterocycles. The summed E-state index contributed by atoms with van der Waals surface area (Å²) < 4.78 is 44.6. The van der Waals surface area contributed by atoms with Crippen molar-refractivity contribution in [2.45, 2.75) is 19.1 Å². The summed E-state index contributed by atoms with van der Waals surface area (Å²) in [6, 6.07) is 16.6. The molecule has 0 saturated carbocycles. The lowest BCUT2D eigenvalue weighted by Gasteiger charge is -2.18. The third-order valence-electron chi connectivity index (χ3n) is 4.60. The number of rotatable bonds is 7. The van der Waals surface area contributed by atoms with E-state index in [0.717, 1.165) is 10.5 Å². The fraction of sp³-hybridized carbons (Fsp3) is 0.273. The molecule has 3 rings (SSSR count). The van der Waals surface area contributed by atoms with E-state index in [1.54, 1.807) is 35.1 Å². The van der Waals surface area contributed by atoms with Crippen molar-refractivity contribution in [3.05, 3.63) is 71.9 Å². The molecular weight excluding hydrogens is 395 g/mol. The van der Waals surface area contributed by atoms with Crippen molar-refractivity contribution in [3.63, 3.8) is 0 Å². The summed E-state index contributed by atoms with van der Waals surface area (Å²) in [4.78, 5) is 14.0. The lowest BCUT2D eigenvalue weighted by atomic mass is 10.1. The first kappa shape index (κ1) is 21.4. The quantitative estimate of drug-likeness (QED) is 0.563. The van der Waals surface area contributed by atoms with E-state index in [4.69, 9.17) is 4.74 Å². The number of amides is 1. The molecule has 0 spiro atoms. The van der Waals surface area contributed by atoms with E-state index < -0.39 is 25.0 Å². The zero-order valence-corrected chi connectivity index (χ0v) is 16.7. The largest absolute Gasteiger partial charge is 0.497 e. The Morgan fingerprint density at radius 3 is 2.53 bits per heavy atom. The maximum atomic E-state index is 12.9. The number of alkyl halides is 3. The molecule has 2 aromatic carbocycles. The number of carbonyl (C=O) groups excluding carboxylic acids is 1. The molecule has 8 heteroatoms. The zero-order valence-electron chi connectivity index (χ0n) is 16.7. The van der Waals surface area contributed by atoms with Gasteiger partial charge in [-0.2, -0.15) is 18.3 Å². The number of halogens is 3. The van der Waals surface area contributed by atoms with Crippen LogP contribution in [0.15, 0.2) is 60.8 Å². The summed E-state index contributed by atoms with van der Waals surface area (Å²) in [5, 5.41) is 4.55. The number of methoxy groups -OCH3 is 1. The van der Waals surface area contributed by atoms with Crippen LogP contribution >= 0.6 is 0 Å². The third-order valence-corrected chi connectivity index (χ3v) is 4.60. The topological polar surface area (TPSA) is 47.4 Å². The average Bonchev–Trinajstić information content (AvgIpc) is 3.15. The van der Waals surface area contributed by atoms with Crippen molar-refractivity contribution in [1.29, 1.82) is 0 Å². The smallest absolute Gasteiger partial charge is 0.390 e. The van der Waals surface area contributed by atoms with Crippen LogP contribution in [0.4, 0.5) is 13.2 Å². The summed E-state index contributed by atoms with van der Waals surface area (Å²) >= 11 is 0. The number of ether oxygens (including phenoxy) is 1. The van der Waals surface area contributed by atoms with Gasteiger partial charge in [-0.3, -0.25) is 9.48 Å². The summed E-state index contributed by atoms with van der Waals surface area (Å²) in [5.41, 5.74) is 2.27. The predicted octanol–water partition coefficient (Wildman–Crippen LogP) is 4.63. The molecule has 0 radical (unpaired) electrons. The molecule has 0 aliphatic heterocycles. The number of aromatic nitrogens is 2. The van der Waals surface area contributed by atoms with E-state index in [1.165, 1.54) is 14.2 Å². The van der Waals surface area contributed by atoms with Crippen LogP contribution in [-0.2, 0) is 6.54 Å². The van der Waals surface area contributed by atoms with Crippen LogP contribution in [0.2, 0.25) is 0 Å². The highest BCUT2D eigenvalue weighted by atomic mass is 19.4. The molecule has 3 aromatic rings. The molecule has 30 heavy (non-hydrogen) atoms. The van der Waals surface area contributed by atoms with Crippen LogP contribution in [0.1, 0.15) is 22.3 Å². The predicted molar refractivity (Wildman–Crippen MR) is 107 cm³/mol. The van der Waals surface area contributed by atoms with Gasteiger partial charge >= 0.3 is 6.18 Å². The van der Waals surface area contributed by atoms with E-state index in [0.29, 0.717) is 23.6 Å². The van der Waals surface area contributed by atoms with Gasteiger partial charge in [0.05, 0.1) is 25.6 Å². The molecule has 158 valence electrons. The number of nitrogens with zero attached hydrogens (tertiary/aromatic N) is 3. The van der Waals surface area contributed by atoms with E-state index in [2.05, 4.69) is 5.10 Å². The van der Waals surface area contributed by atoms with Gasteiger partial charge in [-0.15, -0.1) is 0 Å². The molecule has 0 unspecified atom stereocenters. The molecule has 0 bridgehead atoms. The van der Waals surface area contributed by atoms with Gasteiger partial charge in [0.2, 0.25) is 0 Å². The van der Waals surface area contributed by atoms with Crippen molar-refractivity contribution in [3.8, 4) is 17.0 Å². The van der Waals surface area contributed by atoms with Crippen molar-refractivity contribution in [1.82, 2.24) is 14.7 Å². The molecule has 1 heterocycles. The number of benzene rings is 2. The van der Waals surface area contributed by atoms with E-state index in [1.807, 2.05) is 30.3 Å². The molecule has 1 amide bonds. The summed E-state index contributed by atoms with van der Waals surface area (Å²) in [6.45, 7) is 0.00109. The third kappa shape index (κ3) is 5.40. The molecule has 0 N–H and O–H groups in total. The minimum Gasteiger partial charge on any atom is -0.497 e. The molecule has 0 atom stereocenters. The van der Waals surface area contributed by atoms with Crippen LogP contribution in [0.3, 0.4) is 0 Å². The number of carbonyl (C=O) groups is 1. The summed E-state index contributed by atoms with van der Waals surface area (Å²) in [6.07, 6.45) is -3.82. The van der Waals surface area contributed by atoms with Crippen molar-refractivity contribution in [2.24, 2.45) is 0 Å². The number of hydrogen-bond donors (Lipinski definition) is 0. The van der Waals surface area contributed by atoms with Gasteiger partial charge in [0.1, 0.15) is 11.4 Å². The highest BCUT2D eigenvalue weighted by molar-refractivity contribution is 5.99. The number of hydrogen-bond acceptors (Lipinski definition) is 3. The molecule has 0 fully saturated rings. The van der Waals surface area contributed by atoms with Gasteiger partial charge in [-0.25, -0.2) is 0 Å². The van der Waals surface area contributed by atoms with Gasteiger partial charge in [-0.1, -0.05) is 42.5 Å². The second kappa shape index (κ2) is 9.02. The van der Waals surface area contributed by atoms with E-state index in [-0.39, 0.29) is 5.56 Å². The van der Waals surface area contributed by atoms with E-state index >= 15 is 0 Å². The first-order valence-corrected chi connectivity index (χ1v) is 9.35. The highest BCUT2D eigenvalue weighted by Gasteiger charge is 2.29. The van der Waals surface area contributed by atoms with Crippen LogP contribution in [0.25, 0.3) is 11.3 Å². The minimum absolute atomic E-state index is 0.240. The van der Waals surface area contributed by atoms with Gasteiger partial charge in [0, 0.05) is 25.4 Å². The maximum absolute atomic E-state index is 12.9. The first-order valence-electron chi connectivity index (χ1n) is 9.35. The van der Waals surface area contributed by atoms with E-state index in [9.17, 15) is 18.0 Å². The van der Waals surface area contributed by atoms with Gasteiger partial charge in [0.25, 0.3) is 5.91 Å². The standard InChI is InChI=1S/C22H22F3N3O2/c1-27(12-11-22(23,24)25)21(29)19-15-28(14-16-7-4-3-5-8-16)26-20(19)17-9-6-10-18(13-17)30-2/h3-10,13,15H,11-12,14H2,1-2H3. The Labute approximate surface area is 172 Å². The zero-order chi connectivity index (χ0) is 21.7. The van der Waals surface area contributed by atoms with Crippen molar-refractivity contribution in [2.75, 3.05) is 20.7 Å². The molecule has 5 nitrogen and oxygen atoms in total. The van der Waals surface area contributed by atoms with Crippen LogP contribution in [-0.4, -0.2) is 47.5 Å². The Morgan fingerprint density at radius 2 is 1.87 bits per heavy atom. The Kier molecular flexibility index (Phi) is 6.44. The second-order valence-electron chi connectivity index (χ2n) is 6.90. The molecule has 0 aliphatic carbocycles. The SMILES string of the molecule is COc1cccc(-c2nn(Cc3ccccc3)cc2C(=O)N(C)CCC(F)(F)F)c1. The molecular formula is C22H22F3N3O2. The lowest BCUT2D eigenvalue weighted by Crippen LogP contribution is -2.30. The fourth-order valence-electron chi connectivity index (χ4n) is 3.01. The van der Waals surface area contributed by atoms with Gasteiger partial charge < -0.3 is 9.64 Å². The molecule has 0 saturated heterocycles. The monoisotopic (exact) mass is 417 g/mol. The molecule has 0 aliphatic rings. The Bertz CT molecular complexity index is 1000. The van der Waals surface area contributed by atoms with Crippen LogP contribution in [0.5, 0.6) is 5.75 Å². The second-order valence-corrected chi connectivity index (χ2v) is 6.90.